The lowest BCUT2D eigenvalue weighted by Crippen LogP contribution is -1.98. The topological polar surface area (TPSA) is 79.4 Å². The van der Waals surface area contributed by atoms with Crippen molar-refractivity contribution < 1.29 is 9.47 Å². The van der Waals surface area contributed by atoms with Crippen LogP contribution in [0.5, 0.6) is 11.5 Å². The van der Waals surface area contributed by atoms with Crippen LogP contribution < -0.4 is 9.47 Å². The zero-order valence-electron chi connectivity index (χ0n) is 13.1. The SMILES string of the molecule is COc1ccc(-c2nnc3sc(Cn4ccnc4)nn23)cc1OC. The largest absolute Gasteiger partial charge is 0.493 e. The van der Waals surface area contributed by atoms with Crippen molar-refractivity contribution in [2.24, 2.45) is 0 Å². The summed E-state index contributed by atoms with van der Waals surface area (Å²) >= 11 is 1.50. The molecular weight excluding hydrogens is 328 g/mol. The molecule has 0 N–H and O–H groups in total. The van der Waals surface area contributed by atoms with Crippen molar-refractivity contribution in [3.63, 3.8) is 0 Å². The molecule has 24 heavy (non-hydrogen) atoms. The number of imidazole rings is 1. The Hall–Kier alpha value is -2.94. The van der Waals surface area contributed by atoms with E-state index in [1.165, 1.54) is 11.3 Å². The van der Waals surface area contributed by atoms with Gasteiger partial charge < -0.3 is 14.0 Å². The molecule has 0 spiro atoms. The lowest BCUT2D eigenvalue weighted by Gasteiger charge is -2.08. The van der Waals surface area contributed by atoms with Gasteiger partial charge in [0.2, 0.25) is 4.96 Å². The van der Waals surface area contributed by atoms with Crippen LogP contribution in [-0.4, -0.2) is 43.6 Å². The zero-order valence-corrected chi connectivity index (χ0v) is 13.9. The van der Waals surface area contributed by atoms with Gasteiger partial charge in [0.1, 0.15) is 5.01 Å². The van der Waals surface area contributed by atoms with E-state index in [-0.39, 0.29) is 0 Å². The molecule has 0 aliphatic heterocycles. The predicted molar refractivity (Wildman–Crippen MR) is 88.5 cm³/mol. The molecule has 122 valence electrons. The summed E-state index contributed by atoms with van der Waals surface area (Å²) in [6, 6.07) is 5.62. The highest BCUT2D eigenvalue weighted by atomic mass is 32.1. The minimum atomic E-state index is 0.639. The third kappa shape index (κ3) is 2.48. The number of ether oxygens (including phenoxy) is 2. The molecule has 0 unspecified atom stereocenters. The van der Waals surface area contributed by atoms with Gasteiger partial charge in [-0.1, -0.05) is 11.3 Å². The van der Waals surface area contributed by atoms with Crippen molar-refractivity contribution in [3.8, 4) is 22.9 Å². The average molecular weight is 342 g/mol. The highest BCUT2D eigenvalue weighted by molar-refractivity contribution is 7.16. The number of fused-ring (bicyclic) bond motifs is 1. The predicted octanol–water partition coefficient (Wildman–Crippen LogP) is 2.11. The maximum Gasteiger partial charge on any atom is 0.235 e. The molecule has 1 aromatic carbocycles. The summed E-state index contributed by atoms with van der Waals surface area (Å²) in [5.41, 5.74) is 0.861. The van der Waals surface area contributed by atoms with E-state index in [2.05, 4.69) is 20.3 Å². The summed E-state index contributed by atoms with van der Waals surface area (Å²) < 4.78 is 14.3. The molecule has 4 aromatic rings. The molecule has 0 amide bonds. The molecule has 0 atom stereocenters. The number of rotatable bonds is 5. The summed E-state index contributed by atoms with van der Waals surface area (Å²) in [6.07, 6.45) is 5.41. The van der Waals surface area contributed by atoms with Gasteiger partial charge in [-0.15, -0.1) is 10.2 Å². The van der Waals surface area contributed by atoms with Crippen LogP contribution in [0.1, 0.15) is 5.01 Å². The average Bonchev–Trinajstić information content (AvgIpc) is 3.32. The Morgan fingerprint density at radius 2 is 2.00 bits per heavy atom. The van der Waals surface area contributed by atoms with Gasteiger partial charge in [-0.05, 0) is 18.2 Å². The van der Waals surface area contributed by atoms with Crippen LogP contribution in [0.2, 0.25) is 0 Å². The minimum Gasteiger partial charge on any atom is -0.493 e. The molecule has 0 radical (unpaired) electrons. The normalized spacial score (nSPS) is 11.1. The standard InChI is InChI=1S/C15H14N6O2S/c1-22-11-4-3-10(7-12(11)23-2)14-17-18-15-21(14)19-13(24-15)8-20-6-5-16-9-20/h3-7,9H,8H2,1-2H3. The fourth-order valence-corrected chi connectivity index (χ4v) is 3.25. The Morgan fingerprint density at radius 3 is 2.75 bits per heavy atom. The number of nitrogens with zero attached hydrogens (tertiary/aromatic N) is 6. The Bertz CT molecular complexity index is 975. The molecule has 3 aromatic heterocycles. The van der Waals surface area contributed by atoms with Gasteiger partial charge in [-0.3, -0.25) is 0 Å². The number of benzene rings is 1. The molecule has 0 saturated carbocycles. The number of hydrogen-bond acceptors (Lipinski definition) is 7. The molecular formula is C15H14N6O2S. The van der Waals surface area contributed by atoms with Gasteiger partial charge in [-0.2, -0.15) is 9.61 Å². The van der Waals surface area contributed by atoms with Crippen LogP contribution in [0.3, 0.4) is 0 Å². The maximum absolute atomic E-state index is 5.35. The summed E-state index contributed by atoms with van der Waals surface area (Å²) in [5.74, 6) is 1.97. The molecule has 0 bridgehead atoms. The first-order chi connectivity index (χ1) is 11.8. The Labute approximate surface area is 141 Å². The highest BCUT2D eigenvalue weighted by Gasteiger charge is 2.15. The molecule has 0 aliphatic rings. The van der Waals surface area contributed by atoms with Crippen molar-refractivity contribution in [1.82, 2.24) is 29.4 Å². The first-order valence-electron chi connectivity index (χ1n) is 7.17. The third-order valence-corrected chi connectivity index (χ3v) is 4.44. The second kappa shape index (κ2) is 5.93. The van der Waals surface area contributed by atoms with Crippen LogP contribution in [0.25, 0.3) is 16.3 Å². The third-order valence-electron chi connectivity index (χ3n) is 3.55. The van der Waals surface area contributed by atoms with E-state index in [0.717, 1.165) is 15.5 Å². The highest BCUT2D eigenvalue weighted by Crippen LogP contribution is 2.32. The van der Waals surface area contributed by atoms with E-state index >= 15 is 0 Å². The summed E-state index contributed by atoms with van der Waals surface area (Å²) in [6.45, 7) is 0.652. The molecule has 0 saturated heterocycles. The van der Waals surface area contributed by atoms with E-state index in [9.17, 15) is 0 Å². The van der Waals surface area contributed by atoms with Crippen LogP contribution in [0.4, 0.5) is 0 Å². The lowest BCUT2D eigenvalue weighted by molar-refractivity contribution is 0.355. The first-order valence-corrected chi connectivity index (χ1v) is 7.99. The summed E-state index contributed by atoms with van der Waals surface area (Å²) in [4.78, 5) is 4.79. The summed E-state index contributed by atoms with van der Waals surface area (Å²) in [7, 11) is 3.21. The van der Waals surface area contributed by atoms with Crippen LogP contribution >= 0.6 is 11.3 Å². The van der Waals surface area contributed by atoms with E-state index < -0.39 is 0 Å². The van der Waals surface area contributed by atoms with Gasteiger partial charge >= 0.3 is 0 Å². The van der Waals surface area contributed by atoms with Gasteiger partial charge in [0.15, 0.2) is 17.3 Å². The fourth-order valence-electron chi connectivity index (χ4n) is 2.41. The van der Waals surface area contributed by atoms with E-state index in [0.29, 0.717) is 23.9 Å². The van der Waals surface area contributed by atoms with Crippen molar-refractivity contribution in [1.29, 1.82) is 0 Å². The van der Waals surface area contributed by atoms with Crippen LogP contribution in [0, 0.1) is 0 Å². The van der Waals surface area contributed by atoms with Crippen molar-refractivity contribution in [3.05, 3.63) is 41.9 Å². The van der Waals surface area contributed by atoms with Crippen LogP contribution in [-0.2, 0) is 6.54 Å². The van der Waals surface area contributed by atoms with E-state index in [1.807, 2.05) is 29.0 Å². The molecule has 0 aliphatic carbocycles. The fraction of sp³-hybridized carbons (Fsp3) is 0.200. The smallest absolute Gasteiger partial charge is 0.235 e. The molecule has 8 nitrogen and oxygen atoms in total. The number of aromatic nitrogens is 6. The number of hydrogen-bond donors (Lipinski definition) is 0. The number of methoxy groups -OCH3 is 2. The molecule has 3 heterocycles. The van der Waals surface area contributed by atoms with E-state index in [1.54, 1.807) is 31.3 Å². The minimum absolute atomic E-state index is 0.639. The Kier molecular flexibility index (Phi) is 3.62. The zero-order chi connectivity index (χ0) is 16.5. The maximum atomic E-state index is 5.35. The molecule has 0 fully saturated rings. The van der Waals surface area contributed by atoms with Gasteiger partial charge in [-0.25, -0.2) is 4.98 Å². The second-order valence-corrected chi connectivity index (χ2v) is 6.06. The quantitative estimate of drug-likeness (QED) is 0.553. The van der Waals surface area contributed by atoms with Gasteiger partial charge in [0, 0.05) is 18.0 Å². The Balaban J connectivity index is 1.73. The van der Waals surface area contributed by atoms with Crippen molar-refractivity contribution in [2.45, 2.75) is 6.54 Å². The summed E-state index contributed by atoms with van der Waals surface area (Å²) in [5, 5.41) is 14.0. The van der Waals surface area contributed by atoms with Crippen molar-refractivity contribution in [2.75, 3.05) is 14.2 Å². The molecule has 9 heteroatoms. The molecule has 4 rings (SSSR count). The lowest BCUT2D eigenvalue weighted by atomic mass is 10.2. The second-order valence-electron chi connectivity index (χ2n) is 5.02. The van der Waals surface area contributed by atoms with Crippen LogP contribution in [0.15, 0.2) is 36.9 Å². The van der Waals surface area contributed by atoms with Crippen molar-refractivity contribution >= 4 is 16.3 Å². The first kappa shape index (κ1) is 14.6. The van der Waals surface area contributed by atoms with Gasteiger partial charge in [0.25, 0.3) is 0 Å². The van der Waals surface area contributed by atoms with Gasteiger partial charge in [0.05, 0.1) is 27.1 Å². The van der Waals surface area contributed by atoms with E-state index in [4.69, 9.17) is 9.47 Å². The Morgan fingerprint density at radius 1 is 1.12 bits per heavy atom. The monoisotopic (exact) mass is 342 g/mol.